The van der Waals surface area contributed by atoms with Crippen LogP contribution in [0, 0.1) is 0 Å². The van der Waals surface area contributed by atoms with E-state index < -0.39 is 17.7 Å². The van der Waals surface area contributed by atoms with E-state index in [0.717, 1.165) is 5.56 Å². The highest BCUT2D eigenvalue weighted by atomic mass is 16.6. The Hall–Kier alpha value is -2.24. The van der Waals surface area contributed by atoms with E-state index in [1.54, 1.807) is 59.0 Å². The monoisotopic (exact) mass is 308 g/mol. The Morgan fingerprint density at radius 3 is 2.32 bits per heavy atom. The Labute approximate surface area is 131 Å². The number of benzene rings is 1. The highest BCUT2D eigenvalue weighted by Gasteiger charge is 2.23. The van der Waals surface area contributed by atoms with Crippen molar-refractivity contribution in [2.24, 2.45) is 0 Å². The van der Waals surface area contributed by atoms with E-state index in [0.29, 0.717) is 6.54 Å². The predicted molar refractivity (Wildman–Crippen MR) is 83.4 cm³/mol. The van der Waals surface area contributed by atoms with Crippen molar-refractivity contribution in [2.45, 2.75) is 45.9 Å². The summed E-state index contributed by atoms with van der Waals surface area (Å²) in [5.41, 5.74) is 0.281. The SMILES string of the molecule is C[C@@H](NC(=O)OC(C)(C)C)C(=O)N(C)Cc1ccc(O)cc1. The van der Waals surface area contributed by atoms with Crippen molar-refractivity contribution >= 4 is 12.0 Å². The molecule has 1 rings (SSSR count). The molecule has 6 heteroatoms. The lowest BCUT2D eigenvalue weighted by molar-refractivity contribution is -0.132. The van der Waals surface area contributed by atoms with Gasteiger partial charge in [-0.1, -0.05) is 12.1 Å². The summed E-state index contributed by atoms with van der Waals surface area (Å²) in [6.45, 7) is 7.28. The van der Waals surface area contributed by atoms with E-state index in [1.165, 1.54) is 4.90 Å². The Kier molecular flexibility index (Phi) is 5.79. The summed E-state index contributed by atoms with van der Waals surface area (Å²) in [5.74, 6) is -0.0448. The molecule has 2 N–H and O–H groups in total. The number of nitrogens with one attached hydrogen (secondary N) is 1. The molecule has 1 aromatic rings. The maximum absolute atomic E-state index is 12.2. The molecular formula is C16H24N2O4. The smallest absolute Gasteiger partial charge is 0.408 e. The molecule has 0 aliphatic rings. The fourth-order valence-corrected chi connectivity index (χ4v) is 1.83. The third kappa shape index (κ3) is 6.03. The van der Waals surface area contributed by atoms with E-state index in [-0.39, 0.29) is 11.7 Å². The molecule has 0 saturated carbocycles. The van der Waals surface area contributed by atoms with E-state index in [4.69, 9.17) is 4.74 Å². The fourth-order valence-electron chi connectivity index (χ4n) is 1.83. The highest BCUT2D eigenvalue weighted by molar-refractivity contribution is 5.85. The molecule has 6 nitrogen and oxygen atoms in total. The first-order chi connectivity index (χ1) is 10.1. The number of likely N-dealkylation sites (N-methyl/N-ethyl adjacent to an activating group) is 1. The van der Waals surface area contributed by atoms with Crippen molar-refractivity contribution in [3.63, 3.8) is 0 Å². The zero-order valence-corrected chi connectivity index (χ0v) is 13.7. The summed E-state index contributed by atoms with van der Waals surface area (Å²) in [4.78, 5) is 25.4. The number of phenolic OH excluding ortho intramolecular Hbond substituents is 1. The van der Waals surface area contributed by atoms with Gasteiger partial charge in [0, 0.05) is 13.6 Å². The van der Waals surface area contributed by atoms with Crippen LogP contribution < -0.4 is 5.32 Å². The van der Waals surface area contributed by atoms with Gasteiger partial charge < -0.3 is 20.1 Å². The molecule has 0 fully saturated rings. The van der Waals surface area contributed by atoms with Gasteiger partial charge in [0.05, 0.1) is 0 Å². The maximum Gasteiger partial charge on any atom is 0.408 e. The van der Waals surface area contributed by atoms with Crippen LogP contribution in [0.15, 0.2) is 24.3 Å². The summed E-state index contributed by atoms with van der Waals surface area (Å²) in [5, 5.41) is 11.8. The molecule has 22 heavy (non-hydrogen) atoms. The Morgan fingerprint density at radius 1 is 1.27 bits per heavy atom. The number of carbonyl (C=O) groups excluding carboxylic acids is 2. The minimum absolute atomic E-state index is 0.178. The van der Waals surface area contributed by atoms with Crippen LogP contribution in [0.3, 0.4) is 0 Å². The van der Waals surface area contributed by atoms with Crippen molar-refractivity contribution in [1.29, 1.82) is 0 Å². The van der Waals surface area contributed by atoms with Crippen molar-refractivity contribution in [3.8, 4) is 5.75 Å². The Bertz CT molecular complexity index is 520. The molecule has 1 atom stereocenters. The number of phenols is 1. The van der Waals surface area contributed by atoms with Crippen LogP contribution in [0.5, 0.6) is 5.75 Å². The summed E-state index contributed by atoms with van der Waals surface area (Å²) in [7, 11) is 1.66. The van der Waals surface area contributed by atoms with Gasteiger partial charge in [-0.15, -0.1) is 0 Å². The lowest BCUT2D eigenvalue weighted by Gasteiger charge is -2.24. The maximum atomic E-state index is 12.2. The highest BCUT2D eigenvalue weighted by Crippen LogP contribution is 2.12. The fraction of sp³-hybridized carbons (Fsp3) is 0.500. The van der Waals surface area contributed by atoms with Gasteiger partial charge in [-0.3, -0.25) is 4.79 Å². The molecule has 0 saturated heterocycles. The quantitative estimate of drug-likeness (QED) is 0.894. The van der Waals surface area contributed by atoms with Crippen LogP contribution in [-0.2, 0) is 16.1 Å². The zero-order valence-electron chi connectivity index (χ0n) is 13.7. The summed E-state index contributed by atoms with van der Waals surface area (Å²) in [6.07, 6.45) is -0.619. The van der Waals surface area contributed by atoms with E-state index >= 15 is 0 Å². The van der Waals surface area contributed by atoms with Gasteiger partial charge in [-0.2, -0.15) is 0 Å². The number of hydrogen-bond donors (Lipinski definition) is 2. The minimum atomic E-state index is -0.683. The molecule has 1 aromatic carbocycles. The number of hydrogen-bond acceptors (Lipinski definition) is 4. The standard InChI is InChI=1S/C16H24N2O4/c1-11(17-15(21)22-16(2,3)4)14(20)18(5)10-12-6-8-13(19)9-7-12/h6-9,11,19H,10H2,1-5H3,(H,17,21)/t11-/m1/s1. The van der Waals surface area contributed by atoms with Crippen LogP contribution in [-0.4, -0.2) is 40.7 Å². The Morgan fingerprint density at radius 2 is 1.82 bits per heavy atom. The number of carbonyl (C=O) groups is 2. The molecule has 0 aromatic heterocycles. The predicted octanol–water partition coefficient (Wildman–Crippen LogP) is 2.26. The number of alkyl carbamates (subject to hydrolysis) is 1. The van der Waals surface area contributed by atoms with Crippen LogP contribution >= 0.6 is 0 Å². The Balaban J connectivity index is 2.54. The molecule has 0 radical (unpaired) electrons. The van der Waals surface area contributed by atoms with Crippen molar-refractivity contribution in [3.05, 3.63) is 29.8 Å². The van der Waals surface area contributed by atoms with Crippen LogP contribution in [0.1, 0.15) is 33.3 Å². The second kappa shape index (κ2) is 7.15. The van der Waals surface area contributed by atoms with Gasteiger partial charge in [0.15, 0.2) is 0 Å². The minimum Gasteiger partial charge on any atom is -0.508 e. The van der Waals surface area contributed by atoms with Gasteiger partial charge in [-0.25, -0.2) is 4.79 Å². The van der Waals surface area contributed by atoms with E-state index in [2.05, 4.69) is 5.32 Å². The second-order valence-corrected chi connectivity index (χ2v) is 6.23. The topological polar surface area (TPSA) is 78.9 Å². The van der Waals surface area contributed by atoms with Crippen LogP contribution in [0.2, 0.25) is 0 Å². The van der Waals surface area contributed by atoms with Crippen molar-refractivity contribution in [2.75, 3.05) is 7.05 Å². The number of nitrogens with zero attached hydrogens (tertiary/aromatic N) is 1. The first-order valence-corrected chi connectivity index (χ1v) is 7.11. The average Bonchev–Trinajstić information content (AvgIpc) is 2.38. The average molecular weight is 308 g/mol. The summed E-state index contributed by atoms with van der Waals surface area (Å²) in [6, 6.07) is 5.93. The first-order valence-electron chi connectivity index (χ1n) is 7.11. The van der Waals surface area contributed by atoms with Crippen LogP contribution in [0.25, 0.3) is 0 Å². The summed E-state index contributed by atoms with van der Waals surface area (Å²) < 4.78 is 5.12. The molecule has 0 heterocycles. The third-order valence-electron chi connectivity index (χ3n) is 2.84. The van der Waals surface area contributed by atoms with E-state index in [1.807, 2.05) is 0 Å². The molecular weight excluding hydrogens is 284 g/mol. The third-order valence-corrected chi connectivity index (χ3v) is 2.84. The molecule has 0 bridgehead atoms. The van der Waals surface area contributed by atoms with Crippen molar-refractivity contribution < 1.29 is 19.4 Å². The first kappa shape index (κ1) is 17.8. The molecule has 0 spiro atoms. The number of amides is 2. The number of rotatable bonds is 4. The zero-order chi connectivity index (χ0) is 16.9. The van der Waals surface area contributed by atoms with E-state index in [9.17, 15) is 14.7 Å². The van der Waals surface area contributed by atoms with Crippen molar-refractivity contribution in [1.82, 2.24) is 10.2 Å². The molecule has 2 amide bonds. The van der Waals surface area contributed by atoms with Crippen LogP contribution in [0.4, 0.5) is 4.79 Å². The van der Waals surface area contributed by atoms with Gasteiger partial charge in [0.25, 0.3) is 0 Å². The summed E-state index contributed by atoms with van der Waals surface area (Å²) >= 11 is 0. The van der Waals surface area contributed by atoms with Gasteiger partial charge in [0.1, 0.15) is 17.4 Å². The molecule has 122 valence electrons. The van der Waals surface area contributed by atoms with Gasteiger partial charge >= 0.3 is 6.09 Å². The van der Waals surface area contributed by atoms with Gasteiger partial charge in [0.2, 0.25) is 5.91 Å². The number of ether oxygens (including phenoxy) is 1. The van der Waals surface area contributed by atoms with Gasteiger partial charge in [-0.05, 0) is 45.4 Å². The molecule has 0 aliphatic heterocycles. The molecule has 0 aliphatic carbocycles. The largest absolute Gasteiger partial charge is 0.508 e. The lowest BCUT2D eigenvalue weighted by Crippen LogP contribution is -2.46. The lowest BCUT2D eigenvalue weighted by atomic mass is 10.2. The molecule has 0 unspecified atom stereocenters. The second-order valence-electron chi connectivity index (χ2n) is 6.23. The number of aromatic hydroxyl groups is 1. The normalized spacial score (nSPS) is 12.4.